The van der Waals surface area contributed by atoms with Crippen molar-refractivity contribution < 1.29 is 34.3 Å². The average Bonchev–Trinajstić information content (AvgIpc) is 2.44. The second-order valence-corrected chi connectivity index (χ2v) is 3.56. The normalized spacial score (nSPS) is 9.00. The summed E-state index contributed by atoms with van der Waals surface area (Å²) >= 11 is 0. The van der Waals surface area contributed by atoms with E-state index in [0.717, 1.165) is 0 Å². The van der Waals surface area contributed by atoms with E-state index in [1.807, 2.05) is 0 Å². The van der Waals surface area contributed by atoms with Crippen LogP contribution in [0.5, 0.6) is 11.5 Å². The van der Waals surface area contributed by atoms with Crippen LogP contribution in [0, 0.1) is 9.81 Å². The van der Waals surface area contributed by atoms with Crippen LogP contribution in [0.25, 0.3) is 0 Å². The van der Waals surface area contributed by atoms with Crippen LogP contribution in [0.4, 0.5) is 11.4 Å². The van der Waals surface area contributed by atoms with Crippen molar-refractivity contribution in [2.75, 3.05) is 10.9 Å². The number of nitrogens with one attached hydrogen (secondary N) is 2. The van der Waals surface area contributed by atoms with Crippen molar-refractivity contribution in [3.8, 4) is 11.5 Å². The maximum Gasteiger partial charge on any atom is 1.00 e. The molecule has 0 aromatic heterocycles. The van der Waals surface area contributed by atoms with Crippen molar-refractivity contribution >= 4 is 11.4 Å². The first-order valence-corrected chi connectivity index (χ1v) is 5.36. The number of nitroso groups, excluding NO2 is 2. The third kappa shape index (κ3) is 4.61. The number of ether oxygens (including phenoxy) is 1. The SMILES string of the molecule is O=NNc1ccc(Oc2ccc(NN=O)cc2)cc1.[Na+]. The summed E-state index contributed by atoms with van der Waals surface area (Å²) in [5, 5.41) is 5.13. The summed E-state index contributed by atoms with van der Waals surface area (Å²) in [6, 6.07) is 13.5. The van der Waals surface area contributed by atoms with Gasteiger partial charge < -0.3 is 4.74 Å². The van der Waals surface area contributed by atoms with Gasteiger partial charge >= 0.3 is 29.6 Å². The van der Waals surface area contributed by atoms with Gasteiger partial charge in [-0.15, -0.1) is 9.81 Å². The molecule has 20 heavy (non-hydrogen) atoms. The maximum atomic E-state index is 10.0. The minimum absolute atomic E-state index is 0. The van der Waals surface area contributed by atoms with Crippen LogP contribution in [-0.2, 0) is 0 Å². The van der Waals surface area contributed by atoms with Gasteiger partial charge in [-0.3, -0.25) is 0 Å². The molecule has 0 unspecified atom stereocenters. The van der Waals surface area contributed by atoms with Crippen molar-refractivity contribution in [2.45, 2.75) is 0 Å². The van der Waals surface area contributed by atoms with E-state index in [4.69, 9.17) is 4.74 Å². The van der Waals surface area contributed by atoms with Crippen molar-refractivity contribution in [1.29, 1.82) is 0 Å². The standard InChI is InChI=1S/C12H10N4O3.Na/c17-15-13-9-1-5-11(6-2-9)19-12-7-3-10(4-8-12)14-16-18;/h1-8H,(H,13,17)(H,14,18);/q;+1. The first-order chi connectivity index (χ1) is 9.31. The van der Waals surface area contributed by atoms with E-state index in [1.165, 1.54) is 0 Å². The van der Waals surface area contributed by atoms with Crippen molar-refractivity contribution in [3.63, 3.8) is 0 Å². The predicted molar refractivity (Wildman–Crippen MR) is 71.8 cm³/mol. The zero-order chi connectivity index (χ0) is 13.5. The monoisotopic (exact) mass is 281 g/mol. The Kier molecular flexibility index (Phi) is 6.65. The van der Waals surface area contributed by atoms with Gasteiger partial charge in [0.1, 0.15) is 11.5 Å². The second kappa shape index (κ2) is 8.26. The van der Waals surface area contributed by atoms with Gasteiger partial charge in [0.15, 0.2) is 0 Å². The Morgan fingerprint density at radius 2 is 1.05 bits per heavy atom. The quantitative estimate of drug-likeness (QED) is 0.461. The molecule has 0 heterocycles. The maximum absolute atomic E-state index is 10.0. The minimum Gasteiger partial charge on any atom is -0.457 e. The Morgan fingerprint density at radius 3 is 1.35 bits per heavy atom. The van der Waals surface area contributed by atoms with Crippen LogP contribution in [0.3, 0.4) is 0 Å². The Balaban J connectivity index is 0.00000200. The first-order valence-electron chi connectivity index (χ1n) is 5.36. The van der Waals surface area contributed by atoms with Crippen LogP contribution in [0.2, 0.25) is 0 Å². The number of anilines is 2. The molecule has 2 N–H and O–H groups in total. The Bertz CT molecular complexity index is 508. The van der Waals surface area contributed by atoms with Crippen LogP contribution in [-0.4, -0.2) is 0 Å². The third-order valence-corrected chi connectivity index (χ3v) is 2.29. The van der Waals surface area contributed by atoms with E-state index in [9.17, 15) is 9.81 Å². The Hall–Kier alpha value is -1.96. The van der Waals surface area contributed by atoms with Crippen molar-refractivity contribution in [2.24, 2.45) is 10.6 Å². The zero-order valence-electron chi connectivity index (χ0n) is 10.7. The third-order valence-electron chi connectivity index (χ3n) is 2.29. The molecule has 0 aliphatic heterocycles. The van der Waals surface area contributed by atoms with Gasteiger partial charge in [0.2, 0.25) is 0 Å². The molecule has 0 spiro atoms. The van der Waals surface area contributed by atoms with Gasteiger partial charge in [0.05, 0.1) is 21.9 Å². The molecule has 0 aliphatic rings. The van der Waals surface area contributed by atoms with Gasteiger partial charge in [-0.2, -0.15) is 0 Å². The molecule has 0 amide bonds. The van der Waals surface area contributed by atoms with Crippen LogP contribution < -0.4 is 45.1 Å². The van der Waals surface area contributed by atoms with Crippen molar-refractivity contribution in [3.05, 3.63) is 58.3 Å². The number of nitrogens with zero attached hydrogens (tertiary/aromatic N) is 2. The van der Waals surface area contributed by atoms with Gasteiger partial charge in [0.25, 0.3) is 0 Å². The van der Waals surface area contributed by atoms with E-state index < -0.39 is 0 Å². The molecule has 0 aliphatic carbocycles. The Labute approximate surface area is 136 Å². The topological polar surface area (TPSA) is 92.2 Å². The molecular formula is C12H10N4NaO3+. The zero-order valence-corrected chi connectivity index (χ0v) is 12.7. The molecule has 96 valence electrons. The molecule has 0 atom stereocenters. The molecule has 0 saturated carbocycles. The van der Waals surface area contributed by atoms with Crippen molar-refractivity contribution in [1.82, 2.24) is 0 Å². The largest absolute Gasteiger partial charge is 1.00 e. The van der Waals surface area contributed by atoms with E-state index in [2.05, 4.69) is 21.4 Å². The fraction of sp³-hybridized carbons (Fsp3) is 0. The number of rotatable bonds is 6. The molecule has 0 radical (unpaired) electrons. The molecule has 0 saturated heterocycles. The fourth-order valence-electron chi connectivity index (χ4n) is 1.44. The van der Waals surface area contributed by atoms with Gasteiger partial charge in [0, 0.05) is 0 Å². The molecule has 7 nitrogen and oxygen atoms in total. The molecular weight excluding hydrogens is 271 g/mol. The van der Waals surface area contributed by atoms with E-state index in [0.29, 0.717) is 22.9 Å². The minimum atomic E-state index is 0. The molecule has 2 aromatic carbocycles. The summed E-state index contributed by atoms with van der Waals surface area (Å²) in [6.07, 6.45) is 0. The number of benzene rings is 2. The van der Waals surface area contributed by atoms with Crippen LogP contribution in [0.15, 0.2) is 59.1 Å². The predicted octanol–water partition coefficient (Wildman–Crippen LogP) is 0.669. The van der Waals surface area contributed by atoms with Gasteiger partial charge in [-0.1, -0.05) is 0 Å². The summed E-state index contributed by atoms with van der Waals surface area (Å²) < 4.78 is 5.57. The summed E-state index contributed by atoms with van der Waals surface area (Å²) in [6.45, 7) is 0. The number of hydrogen-bond donors (Lipinski definition) is 2. The molecule has 0 fully saturated rings. The van der Waals surface area contributed by atoms with E-state index in [-0.39, 0.29) is 29.6 Å². The number of hydrogen-bond acceptors (Lipinski definition) is 5. The van der Waals surface area contributed by atoms with E-state index in [1.54, 1.807) is 48.5 Å². The average molecular weight is 281 g/mol. The summed E-state index contributed by atoms with van der Waals surface area (Å²) in [7, 11) is 0. The first kappa shape index (κ1) is 16.1. The smallest absolute Gasteiger partial charge is 0.457 e. The summed E-state index contributed by atoms with van der Waals surface area (Å²) in [4.78, 5) is 20.0. The van der Waals surface area contributed by atoms with Crippen LogP contribution in [0.1, 0.15) is 0 Å². The fourth-order valence-corrected chi connectivity index (χ4v) is 1.44. The molecule has 2 aromatic rings. The summed E-state index contributed by atoms with van der Waals surface area (Å²) in [5.74, 6) is 1.23. The van der Waals surface area contributed by atoms with Gasteiger partial charge in [-0.25, -0.2) is 10.9 Å². The molecule has 2 rings (SSSR count). The molecule has 0 bridgehead atoms. The molecule has 8 heteroatoms. The Morgan fingerprint density at radius 1 is 0.700 bits per heavy atom. The van der Waals surface area contributed by atoms with Gasteiger partial charge in [-0.05, 0) is 48.5 Å². The second-order valence-electron chi connectivity index (χ2n) is 3.56. The van der Waals surface area contributed by atoms with Crippen LogP contribution >= 0.6 is 0 Å². The van der Waals surface area contributed by atoms with E-state index >= 15 is 0 Å². The summed E-state index contributed by atoms with van der Waals surface area (Å²) in [5.41, 5.74) is 5.74.